The van der Waals surface area contributed by atoms with Crippen molar-refractivity contribution >= 4 is 6.09 Å². The first kappa shape index (κ1) is 11.2. The molecule has 0 heterocycles. The summed E-state index contributed by atoms with van der Waals surface area (Å²) in [5, 5.41) is 2.60. The molecule has 0 aliphatic carbocycles. The molecule has 0 saturated heterocycles. The number of alkyl carbamates (subject to hydrolysis) is 1. The number of ether oxygens (including phenoxy) is 1. The van der Waals surface area contributed by atoms with Gasteiger partial charge in [0, 0.05) is 12.6 Å². The van der Waals surface area contributed by atoms with E-state index >= 15 is 0 Å². The van der Waals surface area contributed by atoms with Crippen LogP contribution in [-0.4, -0.2) is 25.3 Å². The van der Waals surface area contributed by atoms with Crippen LogP contribution in [0, 0.1) is 0 Å². The van der Waals surface area contributed by atoms with Crippen LogP contribution in [0.2, 0.25) is 0 Å². The van der Waals surface area contributed by atoms with Gasteiger partial charge in [0.15, 0.2) is 0 Å². The van der Waals surface area contributed by atoms with E-state index in [-0.39, 0.29) is 12.1 Å². The van der Waals surface area contributed by atoms with Crippen molar-refractivity contribution in [1.82, 2.24) is 5.32 Å². The molecular formula is C8H18N2O2. The summed E-state index contributed by atoms with van der Waals surface area (Å²) >= 11 is 0. The number of rotatable bonds is 5. The van der Waals surface area contributed by atoms with E-state index in [9.17, 15) is 4.79 Å². The summed E-state index contributed by atoms with van der Waals surface area (Å²) in [6.45, 7) is 4.93. The molecule has 0 aliphatic rings. The summed E-state index contributed by atoms with van der Waals surface area (Å²) in [6.07, 6.45) is 1.28. The zero-order chi connectivity index (χ0) is 9.40. The lowest BCUT2D eigenvalue weighted by atomic mass is 10.3. The number of nitrogens with one attached hydrogen (secondary N) is 1. The number of amides is 1. The highest BCUT2D eigenvalue weighted by atomic mass is 16.5. The second-order valence-electron chi connectivity index (χ2n) is 2.83. The Bertz CT molecular complexity index is 126. The zero-order valence-corrected chi connectivity index (χ0v) is 7.80. The fraction of sp³-hybridized carbons (Fsp3) is 0.875. The number of hydrogen-bond donors (Lipinski definition) is 2. The zero-order valence-electron chi connectivity index (χ0n) is 7.80. The van der Waals surface area contributed by atoms with Gasteiger partial charge in [0.05, 0.1) is 6.61 Å². The van der Waals surface area contributed by atoms with Crippen LogP contribution in [-0.2, 0) is 4.74 Å². The molecule has 0 aromatic carbocycles. The third-order valence-electron chi connectivity index (χ3n) is 1.33. The summed E-state index contributed by atoms with van der Waals surface area (Å²) in [5.41, 5.74) is 5.47. The molecule has 12 heavy (non-hydrogen) atoms. The molecule has 0 aliphatic heterocycles. The molecule has 0 rings (SSSR count). The average Bonchev–Trinajstić information content (AvgIpc) is 2.00. The molecular weight excluding hydrogens is 156 g/mol. The number of carbonyl (C=O) groups is 1. The second-order valence-corrected chi connectivity index (χ2v) is 2.83. The third-order valence-corrected chi connectivity index (χ3v) is 1.33. The molecule has 1 amide bonds. The van der Waals surface area contributed by atoms with Gasteiger partial charge in [-0.05, 0) is 19.8 Å². The van der Waals surface area contributed by atoms with Crippen molar-refractivity contribution in [2.24, 2.45) is 5.73 Å². The monoisotopic (exact) mass is 174 g/mol. The maximum Gasteiger partial charge on any atom is 0.407 e. The van der Waals surface area contributed by atoms with Crippen LogP contribution in [0.15, 0.2) is 0 Å². The van der Waals surface area contributed by atoms with Crippen molar-refractivity contribution in [3.63, 3.8) is 0 Å². The molecule has 0 radical (unpaired) electrons. The van der Waals surface area contributed by atoms with Gasteiger partial charge in [0.25, 0.3) is 0 Å². The van der Waals surface area contributed by atoms with E-state index in [0.29, 0.717) is 19.6 Å². The van der Waals surface area contributed by atoms with Gasteiger partial charge in [-0.2, -0.15) is 0 Å². The lowest BCUT2D eigenvalue weighted by Gasteiger charge is -2.07. The number of hydrogen-bond acceptors (Lipinski definition) is 3. The summed E-state index contributed by atoms with van der Waals surface area (Å²) in [7, 11) is 0. The van der Waals surface area contributed by atoms with Gasteiger partial charge in [0.1, 0.15) is 0 Å². The van der Waals surface area contributed by atoms with Gasteiger partial charge in [-0.1, -0.05) is 6.92 Å². The molecule has 4 heteroatoms. The van der Waals surface area contributed by atoms with Gasteiger partial charge in [-0.3, -0.25) is 0 Å². The van der Waals surface area contributed by atoms with E-state index in [2.05, 4.69) is 5.32 Å². The Morgan fingerprint density at radius 3 is 2.83 bits per heavy atom. The molecule has 0 bridgehead atoms. The fourth-order valence-corrected chi connectivity index (χ4v) is 0.616. The van der Waals surface area contributed by atoms with Crippen LogP contribution < -0.4 is 11.1 Å². The van der Waals surface area contributed by atoms with Crippen LogP contribution in [0.1, 0.15) is 26.7 Å². The first-order valence-corrected chi connectivity index (χ1v) is 4.33. The molecule has 4 nitrogen and oxygen atoms in total. The number of carbonyl (C=O) groups excluding carboxylic acids is 1. The maximum atomic E-state index is 10.8. The van der Waals surface area contributed by atoms with E-state index in [1.807, 2.05) is 13.8 Å². The van der Waals surface area contributed by atoms with Crippen molar-refractivity contribution in [2.45, 2.75) is 32.7 Å². The van der Waals surface area contributed by atoms with E-state index < -0.39 is 0 Å². The fourth-order valence-electron chi connectivity index (χ4n) is 0.616. The Labute approximate surface area is 73.5 Å². The summed E-state index contributed by atoms with van der Waals surface area (Å²) in [6, 6.07) is 0.0870. The Kier molecular flexibility index (Phi) is 6.47. The van der Waals surface area contributed by atoms with Gasteiger partial charge in [-0.15, -0.1) is 0 Å². The van der Waals surface area contributed by atoms with E-state index in [4.69, 9.17) is 10.5 Å². The average molecular weight is 174 g/mol. The Balaban J connectivity index is 3.20. The first-order valence-electron chi connectivity index (χ1n) is 4.33. The Hall–Kier alpha value is -0.770. The standard InChI is InChI=1S/C8H18N2O2/c1-3-5-10-8(11)12-6-4-7(2)9/h7H,3-6,9H2,1-2H3,(H,10,11). The van der Waals surface area contributed by atoms with Gasteiger partial charge in [0.2, 0.25) is 0 Å². The number of nitrogens with two attached hydrogens (primary N) is 1. The lowest BCUT2D eigenvalue weighted by molar-refractivity contribution is 0.143. The predicted molar refractivity (Wildman–Crippen MR) is 47.9 cm³/mol. The van der Waals surface area contributed by atoms with Gasteiger partial charge < -0.3 is 15.8 Å². The lowest BCUT2D eigenvalue weighted by Crippen LogP contribution is -2.27. The van der Waals surface area contributed by atoms with Crippen molar-refractivity contribution < 1.29 is 9.53 Å². The van der Waals surface area contributed by atoms with E-state index in [1.54, 1.807) is 0 Å². The van der Waals surface area contributed by atoms with Crippen molar-refractivity contribution in [3.05, 3.63) is 0 Å². The highest BCUT2D eigenvalue weighted by Crippen LogP contribution is 1.88. The quantitative estimate of drug-likeness (QED) is 0.649. The SMILES string of the molecule is CCCNC(=O)OCCC(C)N. The molecule has 1 atom stereocenters. The largest absolute Gasteiger partial charge is 0.450 e. The van der Waals surface area contributed by atoms with Crippen molar-refractivity contribution in [3.8, 4) is 0 Å². The van der Waals surface area contributed by atoms with Gasteiger partial charge >= 0.3 is 6.09 Å². The normalized spacial score (nSPS) is 12.2. The Morgan fingerprint density at radius 1 is 1.67 bits per heavy atom. The molecule has 0 aromatic rings. The molecule has 72 valence electrons. The topological polar surface area (TPSA) is 64.3 Å². The molecule has 0 fully saturated rings. The maximum absolute atomic E-state index is 10.8. The van der Waals surface area contributed by atoms with Crippen molar-refractivity contribution in [2.75, 3.05) is 13.2 Å². The molecule has 0 spiro atoms. The van der Waals surface area contributed by atoms with Crippen molar-refractivity contribution in [1.29, 1.82) is 0 Å². The molecule has 0 saturated carbocycles. The molecule has 3 N–H and O–H groups in total. The first-order chi connectivity index (χ1) is 5.66. The predicted octanol–water partition coefficient (Wildman–Crippen LogP) is 0.860. The van der Waals surface area contributed by atoms with Crippen LogP contribution in [0.5, 0.6) is 0 Å². The molecule has 0 aromatic heterocycles. The second kappa shape index (κ2) is 6.91. The molecule has 1 unspecified atom stereocenters. The Morgan fingerprint density at radius 2 is 2.33 bits per heavy atom. The van der Waals surface area contributed by atoms with E-state index in [0.717, 1.165) is 6.42 Å². The van der Waals surface area contributed by atoms with Gasteiger partial charge in [-0.25, -0.2) is 4.79 Å². The third kappa shape index (κ3) is 7.34. The van der Waals surface area contributed by atoms with E-state index in [1.165, 1.54) is 0 Å². The minimum Gasteiger partial charge on any atom is -0.450 e. The van der Waals surface area contributed by atoms with Crippen LogP contribution in [0.25, 0.3) is 0 Å². The smallest absolute Gasteiger partial charge is 0.407 e. The highest BCUT2D eigenvalue weighted by Gasteiger charge is 2.00. The van der Waals surface area contributed by atoms with Crippen LogP contribution in [0.4, 0.5) is 4.79 Å². The highest BCUT2D eigenvalue weighted by molar-refractivity contribution is 5.66. The summed E-state index contributed by atoms with van der Waals surface area (Å²) < 4.78 is 4.82. The minimum absolute atomic E-state index is 0.0870. The minimum atomic E-state index is -0.350. The van der Waals surface area contributed by atoms with Crippen LogP contribution in [0.3, 0.4) is 0 Å². The summed E-state index contributed by atoms with van der Waals surface area (Å²) in [5.74, 6) is 0. The van der Waals surface area contributed by atoms with Crippen LogP contribution >= 0.6 is 0 Å². The summed E-state index contributed by atoms with van der Waals surface area (Å²) in [4.78, 5) is 10.8.